The summed E-state index contributed by atoms with van der Waals surface area (Å²) in [6.45, 7) is 2.41. The van der Waals surface area contributed by atoms with Gasteiger partial charge >= 0.3 is 0 Å². The molecule has 4 N–H and O–H groups in total. The van der Waals surface area contributed by atoms with E-state index in [1.807, 2.05) is 55.5 Å². The molecule has 0 fully saturated rings. The van der Waals surface area contributed by atoms with E-state index in [-0.39, 0.29) is 11.9 Å². The Labute approximate surface area is 155 Å². The zero-order chi connectivity index (χ0) is 18.4. The first-order valence-corrected chi connectivity index (χ1v) is 8.97. The van der Waals surface area contributed by atoms with Crippen LogP contribution in [0.3, 0.4) is 0 Å². The molecule has 0 spiro atoms. The standard InChI is InChI=1S/C18H19N5O2S/c1-2-25-14-11-7-6-10-13(14)20-16(24)15(12-8-4-3-5-9-12)26-18-21-17(19)22-23-18/h3-11,15H,2H2,1H3,(H,20,24)(H3,19,21,22,23)/t15-/m0/s1. The second-order valence-electron chi connectivity index (χ2n) is 5.33. The minimum Gasteiger partial charge on any atom is -0.492 e. The van der Waals surface area contributed by atoms with Crippen LogP contribution in [-0.4, -0.2) is 27.7 Å². The number of rotatable bonds is 7. The van der Waals surface area contributed by atoms with E-state index in [2.05, 4.69) is 20.5 Å². The van der Waals surface area contributed by atoms with E-state index >= 15 is 0 Å². The number of carbonyl (C=O) groups excluding carboxylic acids is 1. The number of nitrogen functional groups attached to an aromatic ring is 1. The number of hydrogen-bond acceptors (Lipinski definition) is 6. The zero-order valence-corrected chi connectivity index (χ0v) is 15.0. The van der Waals surface area contributed by atoms with Crippen LogP contribution in [0, 0.1) is 0 Å². The van der Waals surface area contributed by atoms with Crippen molar-refractivity contribution in [3.63, 3.8) is 0 Å². The number of amides is 1. The van der Waals surface area contributed by atoms with E-state index in [0.29, 0.717) is 23.2 Å². The largest absolute Gasteiger partial charge is 0.492 e. The normalized spacial score (nSPS) is 11.7. The number of H-pyrrole nitrogens is 1. The molecule has 8 heteroatoms. The van der Waals surface area contributed by atoms with Gasteiger partial charge in [-0.25, -0.2) is 5.10 Å². The Balaban J connectivity index is 1.85. The first-order chi connectivity index (χ1) is 12.7. The Morgan fingerprint density at radius 1 is 1.23 bits per heavy atom. The topological polar surface area (TPSA) is 106 Å². The fourth-order valence-electron chi connectivity index (χ4n) is 2.37. The van der Waals surface area contributed by atoms with Crippen molar-refractivity contribution in [2.24, 2.45) is 0 Å². The number of aromatic nitrogens is 3. The van der Waals surface area contributed by atoms with Crippen LogP contribution in [0.4, 0.5) is 11.6 Å². The highest BCUT2D eigenvalue weighted by molar-refractivity contribution is 8.00. The molecule has 3 aromatic rings. The summed E-state index contributed by atoms with van der Waals surface area (Å²) in [5.74, 6) is 0.639. The first-order valence-electron chi connectivity index (χ1n) is 8.09. The van der Waals surface area contributed by atoms with Gasteiger partial charge in [-0.1, -0.05) is 54.2 Å². The summed E-state index contributed by atoms with van der Waals surface area (Å²) in [5, 5.41) is 9.40. The summed E-state index contributed by atoms with van der Waals surface area (Å²) in [7, 11) is 0. The maximum absolute atomic E-state index is 13.0. The molecule has 7 nitrogen and oxygen atoms in total. The van der Waals surface area contributed by atoms with E-state index in [4.69, 9.17) is 10.5 Å². The van der Waals surface area contributed by atoms with E-state index in [0.717, 1.165) is 5.56 Å². The van der Waals surface area contributed by atoms with Gasteiger partial charge in [0.05, 0.1) is 12.3 Å². The molecule has 0 aliphatic carbocycles. The van der Waals surface area contributed by atoms with Crippen molar-refractivity contribution in [3.8, 4) is 5.75 Å². The lowest BCUT2D eigenvalue weighted by molar-refractivity contribution is -0.115. The van der Waals surface area contributed by atoms with E-state index < -0.39 is 5.25 Å². The number of hydrogen-bond donors (Lipinski definition) is 3. The van der Waals surface area contributed by atoms with Crippen LogP contribution in [0.1, 0.15) is 17.7 Å². The van der Waals surface area contributed by atoms with Crippen LogP contribution in [0.2, 0.25) is 0 Å². The van der Waals surface area contributed by atoms with Gasteiger partial charge in [0, 0.05) is 0 Å². The van der Waals surface area contributed by atoms with Gasteiger partial charge in [0.25, 0.3) is 0 Å². The first kappa shape index (κ1) is 17.8. The lowest BCUT2D eigenvalue weighted by Crippen LogP contribution is -2.19. The van der Waals surface area contributed by atoms with Crippen molar-refractivity contribution in [2.75, 3.05) is 17.7 Å². The predicted molar refractivity (Wildman–Crippen MR) is 102 cm³/mol. The third kappa shape index (κ3) is 4.34. The Bertz CT molecular complexity index is 869. The molecule has 0 aliphatic heterocycles. The minimum absolute atomic E-state index is 0.197. The molecule has 1 aromatic heterocycles. The van der Waals surface area contributed by atoms with Crippen molar-refractivity contribution < 1.29 is 9.53 Å². The molecule has 0 saturated heterocycles. The Kier molecular flexibility index (Phi) is 5.75. The third-order valence-corrected chi connectivity index (χ3v) is 4.61. The van der Waals surface area contributed by atoms with Crippen molar-refractivity contribution >= 4 is 29.3 Å². The number of benzene rings is 2. The number of nitrogens with two attached hydrogens (primary N) is 1. The van der Waals surface area contributed by atoms with Crippen molar-refractivity contribution in [3.05, 3.63) is 60.2 Å². The van der Waals surface area contributed by atoms with E-state index in [1.165, 1.54) is 11.8 Å². The second-order valence-corrected chi connectivity index (χ2v) is 6.40. The van der Waals surface area contributed by atoms with Crippen molar-refractivity contribution in [1.29, 1.82) is 0 Å². The molecule has 26 heavy (non-hydrogen) atoms. The van der Waals surface area contributed by atoms with E-state index in [9.17, 15) is 4.79 Å². The second kappa shape index (κ2) is 8.39. The number of anilines is 2. The highest BCUT2D eigenvalue weighted by Crippen LogP contribution is 2.35. The van der Waals surface area contributed by atoms with Gasteiger partial charge in [0.1, 0.15) is 11.0 Å². The van der Waals surface area contributed by atoms with Crippen LogP contribution in [0.5, 0.6) is 5.75 Å². The van der Waals surface area contributed by atoms with Gasteiger partial charge < -0.3 is 15.8 Å². The fraction of sp³-hybridized carbons (Fsp3) is 0.167. The fourth-order valence-corrected chi connectivity index (χ4v) is 3.29. The molecule has 0 unspecified atom stereocenters. The minimum atomic E-state index is -0.541. The Morgan fingerprint density at radius 2 is 1.96 bits per heavy atom. The summed E-state index contributed by atoms with van der Waals surface area (Å²) in [5.41, 5.74) is 7.05. The summed E-state index contributed by atoms with van der Waals surface area (Å²) in [6, 6.07) is 16.8. The monoisotopic (exact) mass is 369 g/mol. The average molecular weight is 369 g/mol. The van der Waals surface area contributed by atoms with Crippen LogP contribution in [0.25, 0.3) is 0 Å². The molecule has 1 atom stereocenters. The summed E-state index contributed by atoms with van der Waals surface area (Å²) < 4.78 is 5.58. The molecule has 134 valence electrons. The van der Waals surface area contributed by atoms with Crippen LogP contribution in [0.15, 0.2) is 59.8 Å². The van der Waals surface area contributed by atoms with Crippen LogP contribution >= 0.6 is 11.8 Å². The van der Waals surface area contributed by atoms with Gasteiger partial charge in [-0.15, -0.1) is 5.10 Å². The van der Waals surface area contributed by atoms with Crippen LogP contribution in [-0.2, 0) is 4.79 Å². The average Bonchev–Trinajstić information content (AvgIpc) is 3.07. The number of aromatic amines is 1. The maximum Gasteiger partial charge on any atom is 0.242 e. The number of para-hydroxylation sites is 2. The Morgan fingerprint density at radius 3 is 2.65 bits per heavy atom. The highest BCUT2D eigenvalue weighted by Gasteiger charge is 2.24. The summed E-state index contributed by atoms with van der Waals surface area (Å²) in [4.78, 5) is 17.1. The predicted octanol–water partition coefficient (Wildman–Crippen LogP) is 3.26. The van der Waals surface area contributed by atoms with Crippen LogP contribution < -0.4 is 15.8 Å². The molecule has 0 aliphatic rings. The molecule has 3 rings (SSSR count). The third-order valence-electron chi connectivity index (χ3n) is 3.49. The molecule has 0 bridgehead atoms. The molecule has 0 radical (unpaired) electrons. The summed E-state index contributed by atoms with van der Waals surface area (Å²) in [6.07, 6.45) is 0. The van der Waals surface area contributed by atoms with Gasteiger partial charge in [-0.3, -0.25) is 4.79 Å². The molecule has 2 aromatic carbocycles. The lowest BCUT2D eigenvalue weighted by atomic mass is 10.1. The van der Waals surface area contributed by atoms with Gasteiger partial charge in [-0.05, 0) is 24.6 Å². The number of nitrogens with zero attached hydrogens (tertiary/aromatic N) is 2. The maximum atomic E-state index is 13.0. The quantitative estimate of drug-likeness (QED) is 0.552. The molecular weight excluding hydrogens is 350 g/mol. The van der Waals surface area contributed by atoms with E-state index in [1.54, 1.807) is 6.07 Å². The van der Waals surface area contributed by atoms with Crippen molar-refractivity contribution in [1.82, 2.24) is 15.2 Å². The van der Waals surface area contributed by atoms with Gasteiger partial charge in [-0.2, -0.15) is 4.98 Å². The highest BCUT2D eigenvalue weighted by atomic mass is 32.2. The Hall–Kier alpha value is -3.00. The number of nitrogens with one attached hydrogen (secondary N) is 2. The molecule has 1 heterocycles. The number of thioether (sulfide) groups is 1. The smallest absolute Gasteiger partial charge is 0.242 e. The lowest BCUT2D eigenvalue weighted by Gasteiger charge is -2.17. The summed E-state index contributed by atoms with van der Waals surface area (Å²) >= 11 is 1.22. The number of ether oxygens (including phenoxy) is 1. The SMILES string of the molecule is CCOc1ccccc1NC(=O)[C@@H](Sc1n[nH]c(N)n1)c1ccccc1. The van der Waals surface area contributed by atoms with Gasteiger partial charge in [0.15, 0.2) is 0 Å². The zero-order valence-electron chi connectivity index (χ0n) is 14.2. The number of carbonyl (C=O) groups is 1. The van der Waals surface area contributed by atoms with Crippen molar-refractivity contribution in [2.45, 2.75) is 17.3 Å². The molecular formula is C18H19N5O2S. The van der Waals surface area contributed by atoms with Gasteiger partial charge in [0.2, 0.25) is 17.0 Å². The molecule has 1 amide bonds. The molecule has 0 saturated carbocycles.